The molecule has 2 aliphatic carbocycles. The first-order valence-electron chi connectivity index (χ1n) is 9.93. The Balaban J connectivity index is 1.54. The minimum atomic E-state index is -0.699. The number of ether oxygens (including phenoxy) is 1. The molecule has 0 heterocycles. The van der Waals surface area contributed by atoms with Crippen LogP contribution in [0.4, 0.5) is 5.69 Å². The van der Waals surface area contributed by atoms with Crippen molar-refractivity contribution in [1.82, 2.24) is 0 Å². The van der Waals surface area contributed by atoms with Crippen LogP contribution in [0.3, 0.4) is 0 Å². The number of anilines is 1. The van der Waals surface area contributed by atoms with Crippen LogP contribution >= 0.6 is 0 Å². The molecule has 142 valence electrons. The molecule has 0 aliphatic heterocycles. The third-order valence-electron chi connectivity index (χ3n) is 6.03. The zero-order valence-electron chi connectivity index (χ0n) is 15.9. The van der Waals surface area contributed by atoms with E-state index < -0.39 is 5.60 Å². The van der Waals surface area contributed by atoms with E-state index in [1.165, 1.54) is 30.4 Å². The molecule has 0 spiro atoms. The van der Waals surface area contributed by atoms with Gasteiger partial charge in [0.25, 0.3) is 5.91 Å². The number of benzene rings is 2. The molecule has 0 bridgehead atoms. The summed E-state index contributed by atoms with van der Waals surface area (Å²) in [5.74, 6) is 0.554. The van der Waals surface area contributed by atoms with Gasteiger partial charge in [0.05, 0.1) is 18.4 Å². The molecule has 2 aromatic carbocycles. The number of aryl methyl sites for hydroxylation is 2. The van der Waals surface area contributed by atoms with E-state index in [0.717, 1.165) is 43.4 Å². The average molecular weight is 365 g/mol. The van der Waals surface area contributed by atoms with Crippen molar-refractivity contribution in [3.8, 4) is 5.75 Å². The largest absolute Gasteiger partial charge is 0.495 e. The van der Waals surface area contributed by atoms with E-state index in [4.69, 9.17) is 4.74 Å². The maximum absolute atomic E-state index is 12.7. The third-order valence-corrected chi connectivity index (χ3v) is 6.03. The van der Waals surface area contributed by atoms with Crippen LogP contribution in [-0.4, -0.2) is 18.1 Å². The molecule has 2 N–H and O–H groups in total. The second-order valence-corrected chi connectivity index (χ2v) is 7.80. The summed E-state index contributed by atoms with van der Waals surface area (Å²) < 4.78 is 5.53. The van der Waals surface area contributed by atoms with Crippen molar-refractivity contribution in [3.63, 3.8) is 0 Å². The van der Waals surface area contributed by atoms with Gasteiger partial charge in [0.1, 0.15) is 5.75 Å². The van der Waals surface area contributed by atoms with Gasteiger partial charge in [-0.3, -0.25) is 4.79 Å². The van der Waals surface area contributed by atoms with Gasteiger partial charge in [-0.1, -0.05) is 18.6 Å². The molecular weight excluding hydrogens is 338 g/mol. The number of hydrogen-bond acceptors (Lipinski definition) is 3. The summed E-state index contributed by atoms with van der Waals surface area (Å²) in [7, 11) is 1.64. The quantitative estimate of drug-likeness (QED) is 0.779. The van der Waals surface area contributed by atoms with Crippen LogP contribution < -0.4 is 10.1 Å². The number of rotatable bonds is 4. The summed E-state index contributed by atoms with van der Waals surface area (Å²) in [6, 6.07) is 11.5. The van der Waals surface area contributed by atoms with E-state index in [2.05, 4.69) is 17.4 Å². The number of carbonyl (C=O) groups excluding carboxylic acids is 1. The first-order chi connectivity index (χ1) is 13.1. The second kappa shape index (κ2) is 7.35. The zero-order chi connectivity index (χ0) is 18.9. The fourth-order valence-corrected chi connectivity index (χ4v) is 4.13. The lowest BCUT2D eigenvalue weighted by Crippen LogP contribution is -2.33. The number of carbonyl (C=O) groups is 1. The highest BCUT2D eigenvalue weighted by Crippen LogP contribution is 2.41. The molecular formula is C23H27NO3. The van der Waals surface area contributed by atoms with Gasteiger partial charge in [0.2, 0.25) is 0 Å². The van der Waals surface area contributed by atoms with Crippen molar-refractivity contribution in [3.05, 3.63) is 58.7 Å². The van der Waals surface area contributed by atoms with Crippen molar-refractivity contribution >= 4 is 11.6 Å². The van der Waals surface area contributed by atoms with Gasteiger partial charge in [-0.05, 0) is 85.9 Å². The van der Waals surface area contributed by atoms with Gasteiger partial charge in [-0.25, -0.2) is 0 Å². The SMILES string of the molecule is COc1cc2c(cc1NC(=O)c1ccc(C3(O)CCC3)cc1)CCCCC2. The topological polar surface area (TPSA) is 58.6 Å². The Kier molecular flexibility index (Phi) is 4.92. The lowest BCUT2D eigenvalue weighted by molar-refractivity contribution is -0.0388. The molecule has 4 nitrogen and oxygen atoms in total. The molecule has 27 heavy (non-hydrogen) atoms. The zero-order valence-corrected chi connectivity index (χ0v) is 15.9. The lowest BCUT2D eigenvalue weighted by atomic mass is 9.75. The van der Waals surface area contributed by atoms with Crippen molar-refractivity contribution in [2.45, 2.75) is 57.0 Å². The molecule has 2 aromatic rings. The van der Waals surface area contributed by atoms with Crippen LogP contribution in [0.5, 0.6) is 5.75 Å². The summed E-state index contributed by atoms with van der Waals surface area (Å²) in [6.07, 6.45) is 8.42. The molecule has 0 aromatic heterocycles. The van der Waals surface area contributed by atoms with Crippen LogP contribution in [0.15, 0.2) is 36.4 Å². The first-order valence-corrected chi connectivity index (χ1v) is 9.93. The van der Waals surface area contributed by atoms with Gasteiger partial charge in [0, 0.05) is 5.56 Å². The average Bonchev–Trinajstić information content (AvgIpc) is 2.90. The van der Waals surface area contributed by atoms with Crippen LogP contribution in [0.25, 0.3) is 0 Å². The third kappa shape index (κ3) is 3.59. The predicted molar refractivity (Wildman–Crippen MR) is 106 cm³/mol. The Morgan fingerprint density at radius 2 is 1.67 bits per heavy atom. The van der Waals surface area contributed by atoms with Crippen molar-refractivity contribution < 1.29 is 14.6 Å². The Bertz CT molecular complexity index is 837. The maximum atomic E-state index is 12.7. The maximum Gasteiger partial charge on any atom is 0.255 e. The van der Waals surface area contributed by atoms with E-state index in [9.17, 15) is 9.90 Å². The van der Waals surface area contributed by atoms with Gasteiger partial charge in [-0.15, -0.1) is 0 Å². The molecule has 1 fully saturated rings. The standard InChI is InChI=1S/C23H27NO3/c1-27-21-15-18-7-4-2-3-6-17(18)14-20(21)24-22(25)16-8-10-19(11-9-16)23(26)12-5-13-23/h8-11,14-15,26H,2-7,12-13H2,1H3,(H,24,25). The summed E-state index contributed by atoms with van der Waals surface area (Å²) >= 11 is 0. The molecule has 1 saturated carbocycles. The van der Waals surface area contributed by atoms with Gasteiger partial charge < -0.3 is 15.2 Å². The number of methoxy groups -OCH3 is 1. The number of amides is 1. The van der Waals surface area contributed by atoms with Gasteiger partial charge in [0.15, 0.2) is 0 Å². The van der Waals surface area contributed by atoms with E-state index in [0.29, 0.717) is 11.3 Å². The summed E-state index contributed by atoms with van der Waals surface area (Å²) in [6.45, 7) is 0. The summed E-state index contributed by atoms with van der Waals surface area (Å²) in [5, 5.41) is 13.4. The Hall–Kier alpha value is -2.33. The molecule has 4 rings (SSSR count). The fraction of sp³-hybridized carbons (Fsp3) is 0.435. The minimum absolute atomic E-state index is 0.158. The van der Waals surface area contributed by atoms with Crippen LogP contribution in [0, 0.1) is 0 Å². The molecule has 4 heteroatoms. The van der Waals surface area contributed by atoms with Crippen LogP contribution in [-0.2, 0) is 18.4 Å². The van der Waals surface area contributed by atoms with E-state index in [1.54, 1.807) is 19.2 Å². The second-order valence-electron chi connectivity index (χ2n) is 7.80. The number of aliphatic hydroxyl groups is 1. The molecule has 1 amide bonds. The Morgan fingerprint density at radius 1 is 1.00 bits per heavy atom. The minimum Gasteiger partial charge on any atom is -0.495 e. The fourth-order valence-electron chi connectivity index (χ4n) is 4.13. The lowest BCUT2D eigenvalue weighted by Gasteiger charge is -2.37. The monoisotopic (exact) mass is 365 g/mol. The Morgan fingerprint density at radius 3 is 2.26 bits per heavy atom. The number of hydrogen-bond donors (Lipinski definition) is 2. The number of nitrogens with one attached hydrogen (secondary N) is 1. The highest BCUT2D eigenvalue weighted by Gasteiger charge is 2.36. The van der Waals surface area contributed by atoms with Crippen LogP contribution in [0.1, 0.15) is 65.6 Å². The summed E-state index contributed by atoms with van der Waals surface area (Å²) in [4.78, 5) is 12.7. The van der Waals surface area contributed by atoms with Gasteiger partial charge >= 0.3 is 0 Å². The molecule has 0 radical (unpaired) electrons. The number of fused-ring (bicyclic) bond motifs is 1. The predicted octanol–water partition coefficient (Wildman–Crippen LogP) is 4.59. The molecule has 2 aliphatic rings. The van der Waals surface area contributed by atoms with Crippen LogP contribution in [0.2, 0.25) is 0 Å². The summed E-state index contributed by atoms with van der Waals surface area (Å²) in [5.41, 5.74) is 4.15. The van der Waals surface area contributed by atoms with E-state index in [-0.39, 0.29) is 5.91 Å². The molecule has 0 unspecified atom stereocenters. The highest BCUT2D eigenvalue weighted by atomic mass is 16.5. The molecule has 0 atom stereocenters. The van der Waals surface area contributed by atoms with Crippen molar-refractivity contribution in [2.24, 2.45) is 0 Å². The van der Waals surface area contributed by atoms with E-state index >= 15 is 0 Å². The van der Waals surface area contributed by atoms with E-state index in [1.807, 2.05) is 12.1 Å². The normalized spacial score (nSPS) is 18.0. The molecule has 0 saturated heterocycles. The van der Waals surface area contributed by atoms with Crippen molar-refractivity contribution in [1.29, 1.82) is 0 Å². The smallest absolute Gasteiger partial charge is 0.255 e. The van der Waals surface area contributed by atoms with Crippen molar-refractivity contribution in [2.75, 3.05) is 12.4 Å². The first kappa shape index (κ1) is 18.1. The van der Waals surface area contributed by atoms with Gasteiger partial charge in [-0.2, -0.15) is 0 Å². The highest BCUT2D eigenvalue weighted by molar-refractivity contribution is 6.05. The Labute approximate surface area is 160 Å².